The van der Waals surface area contributed by atoms with Crippen molar-refractivity contribution in [3.8, 4) is 0 Å². The van der Waals surface area contributed by atoms with Crippen molar-refractivity contribution in [2.45, 2.75) is 69.7 Å². The molecule has 1 aliphatic heterocycles. The van der Waals surface area contributed by atoms with Crippen molar-refractivity contribution in [2.24, 2.45) is 11.8 Å². The highest BCUT2D eigenvalue weighted by atomic mass is 32.2. The summed E-state index contributed by atoms with van der Waals surface area (Å²) in [6.45, 7) is 5.59. The van der Waals surface area contributed by atoms with Crippen LogP contribution in [0.25, 0.3) is 0 Å². The Bertz CT molecular complexity index is 847. The van der Waals surface area contributed by atoms with E-state index in [1.54, 1.807) is 16.4 Å². The van der Waals surface area contributed by atoms with Crippen molar-refractivity contribution in [3.63, 3.8) is 0 Å². The third-order valence-electron chi connectivity index (χ3n) is 6.57. The maximum absolute atomic E-state index is 12.9. The molecule has 1 aliphatic carbocycles. The largest absolute Gasteiger partial charge is 0.359 e. The molecule has 1 aromatic carbocycles. The highest BCUT2D eigenvalue weighted by Gasteiger charge is 2.28. The van der Waals surface area contributed by atoms with Crippen molar-refractivity contribution >= 4 is 33.3 Å². The lowest BCUT2D eigenvalue weighted by molar-refractivity contribution is 0.0975. The predicted molar refractivity (Wildman–Crippen MR) is 123 cm³/mol. The van der Waals surface area contributed by atoms with Gasteiger partial charge in [-0.25, -0.2) is 8.42 Å². The van der Waals surface area contributed by atoms with E-state index in [0.717, 1.165) is 38.5 Å². The molecule has 0 bridgehead atoms. The zero-order valence-electron chi connectivity index (χ0n) is 17.9. The molecule has 2 aliphatic rings. The fourth-order valence-electron chi connectivity index (χ4n) is 4.37. The smallest absolute Gasteiger partial charge is 0.257 e. The second-order valence-corrected chi connectivity index (χ2v) is 11.0. The van der Waals surface area contributed by atoms with E-state index in [0.29, 0.717) is 35.6 Å². The van der Waals surface area contributed by atoms with Crippen LogP contribution in [0.2, 0.25) is 0 Å². The molecule has 3 atom stereocenters. The van der Waals surface area contributed by atoms with E-state index in [1.807, 2.05) is 0 Å². The minimum Gasteiger partial charge on any atom is -0.359 e. The van der Waals surface area contributed by atoms with Gasteiger partial charge in [0.25, 0.3) is 5.91 Å². The zero-order valence-corrected chi connectivity index (χ0v) is 19.5. The number of nitrogens with zero attached hydrogens (tertiary/aromatic N) is 1. The molecule has 1 saturated carbocycles. The fourth-order valence-corrected chi connectivity index (χ4v) is 6.14. The van der Waals surface area contributed by atoms with Crippen LogP contribution in [-0.4, -0.2) is 42.9 Å². The number of rotatable bonds is 4. The van der Waals surface area contributed by atoms with Crippen molar-refractivity contribution in [1.82, 2.24) is 14.9 Å². The Hall–Kier alpha value is -1.51. The lowest BCUT2D eigenvalue weighted by atomic mass is 9.78. The maximum Gasteiger partial charge on any atom is 0.257 e. The summed E-state index contributed by atoms with van der Waals surface area (Å²) in [5, 5.41) is 6.34. The third kappa shape index (κ3) is 5.59. The number of thiocarbonyl (C=S) groups is 1. The molecule has 2 fully saturated rings. The van der Waals surface area contributed by atoms with Gasteiger partial charge in [-0.3, -0.25) is 10.1 Å². The van der Waals surface area contributed by atoms with E-state index in [4.69, 9.17) is 12.2 Å². The van der Waals surface area contributed by atoms with Crippen molar-refractivity contribution in [2.75, 3.05) is 13.1 Å². The number of benzene rings is 1. The first-order valence-corrected chi connectivity index (χ1v) is 12.9. The molecule has 0 radical (unpaired) electrons. The molecule has 2 N–H and O–H groups in total. The van der Waals surface area contributed by atoms with Crippen LogP contribution in [0, 0.1) is 11.8 Å². The Labute approximate surface area is 185 Å². The zero-order chi connectivity index (χ0) is 21.7. The van der Waals surface area contributed by atoms with Gasteiger partial charge in [-0.2, -0.15) is 4.31 Å². The first-order valence-electron chi connectivity index (χ1n) is 11.0. The number of hydrogen-bond acceptors (Lipinski definition) is 4. The van der Waals surface area contributed by atoms with Gasteiger partial charge >= 0.3 is 0 Å². The summed E-state index contributed by atoms with van der Waals surface area (Å²) < 4.78 is 27.3. The maximum atomic E-state index is 12.9. The molecular weight excluding hydrogens is 418 g/mol. The number of sulfonamides is 1. The highest BCUT2D eigenvalue weighted by molar-refractivity contribution is 7.89. The second-order valence-electron chi connectivity index (χ2n) is 8.64. The fraction of sp³-hybridized carbons (Fsp3) is 0.636. The van der Waals surface area contributed by atoms with E-state index in [1.165, 1.54) is 18.6 Å². The van der Waals surface area contributed by atoms with E-state index in [-0.39, 0.29) is 16.8 Å². The van der Waals surface area contributed by atoms with Crippen LogP contribution in [0.4, 0.5) is 0 Å². The molecule has 30 heavy (non-hydrogen) atoms. The molecule has 1 amide bonds. The molecule has 3 unspecified atom stereocenters. The standard InChI is InChI=1S/C22H33N3O3S2/c1-16-8-7-9-20(17(16)2)23-22(29)24-21(26)18-10-12-19(13-11-18)30(27,28)25-14-5-3-4-6-15-25/h10-13,16-17,20H,3-9,14-15H2,1-2H3,(H2,23,24,26,29). The van der Waals surface area contributed by atoms with Crippen molar-refractivity contribution in [1.29, 1.82) is 0 Å². The van der Waals surface area contributed by atoms with Gasteiger partial charge < -0.3 is 5.32 Å². The molecule has 1 aromatic rings. The number of nitrogens with one attached hydrogen (secondary N) is 2. The Kier molecular flexibility index (Phi) is 7.87. The Morgan fingerprint density at radius 2 is 1.63 bits per heavy atom. The molecule has 8 heteroatoms. The van der Waals surface area contributed by atoms with Gasteiger partial charge in [0, 0.05) is 24.7 Å². The van der Waals surface area contributed by atoms with Crippen molar-refractivity contribution in [3.05, 3.63) is 29.8 Å². The lowest BCUT2D eigenvalue weighted by Crippen LogP contribution is -2.49. The minimum atomic E-state index is -3.52. The van der Waals surface area contributed by atoms with Crippen LogP contribution in [0.15, 0.2) is 29.2 Å². The summed E-state index contributed by atoms with van der Waals surface area (Å²) in [5.41, 5.74) is 0.388. The van der Waals surface area contributed by atoms with E-state index < -0.39 is 10.0 Å². The molecule has 6 nitrogen and oxygen atoms in total. The monoisotopic (exact) mass is 451 g/mol. The summed E-state index contributed by atoms with van der Waals surface area (Å²) in [6.07, 6.45) is 7.35. The SMILES string of the molecule is CC1CCCC(NC(=S)NC(=O)c2ccc(S(=O)(=O)N3CCCCCC3)cc2)C1C. The van der Waals surface area contributed by atoms with Gasteiger partial charge in [-0.15, -0.1) is 0 Å². The van der Waals surface area contributed by atoms with Gasteiger partial charge in [-0.05, 0) is 67.6 Å². The Morgan fingerprint density at radius 1 is 1.00 bits per heavy atom. The topological polar surface area (TPSA) is 78.5 Å². The minimum absolute atomic E-state index is 0.228. The molecule has 0 spiro atoms. The quantitative estimate of drug-likeness (QED) is 0.683. The van der Waals surface area contributed by atoms with Gasteiger partial charge in [0.2, 0.25) is 10.0 Å². The van der Waals surface area contributed by atoms with E-state index in [9.17, 15) is 13.2 Å². The number of carbonyl (C=O) groups excluding carboxylic acids is 1. The van der Waals surface area contributed by atoms with Crippen LogP contribution in [0.1, 0.15) is 69.2 Å². The van der Waals surface area contributed by atoms with Gasteiger partial charge in [0.1, 0.15) is 0 Å². The summed E-state index contributed by atoms with van der Waals surface area (Å²) in [4.78, 5) is 12.8. The molecule has 1 heterocycles. The van der Waals surface area contributed by atoms with Crippen LogP contribution in [0.3, 0.4) is 0 Å². The van der Waals surface area contributed by atoms with Crippen LogP contribution < -0.4 is 10.6 Å². The van der Waals surface area contributed by atoms with E-state index >= 15 is 0 Å². The van der Waals surface area contributed by atoms with Gasteiger partial charge in [-0.1, -0.05) is 39.5 Å². The predicted octanol–water partition coefficient (Wildman–Crippen LogP) is 3.68. The molecular formula is C22H33N3O3S2. The van der Waals surface area contributed by atoms with Gasteiger partial charge in [0.05, 0.1) is 4.90 Å². The van der Waals surface area contributed by atoms with Crippen molar-refractivity contribution < 1.29 is 13.2 Å². The number of hydrogen-bond donors (Lipinski definition) is 2. The summed E-state index contributed by atoms with van der Waals surface area (Å²) in [6, 6.07) is 6.39. The highest BCUT2D eigenvalue weighted by Crippen LogP contribution is 2.29. The summed E-state index contributed by atoms with van der Waals surface area (Å²) >= 11 is 5.34. The van der Waals surface area contributed by atoms with E-state index in [2.05, 4.69) is 24.5 Å². The number of carbonyl (C=O) groups is 1. The molecule has 1 saturated heterocycles. The molecule has 166 valence electrons. The Balaban J connectivity index is 1.60. The second kappa shape index (κ2) is 10.2. The molecule has 3 rings (SSSR count). The van der Waals surface area contributed by atoms with Gasteiger partial charge in [0.15, 0.2) is 5.11 Å². The average Bonchev–Trinajstić information content (AvgIpc) is 3.01. The summed E-state index contributed by atoms with van der Waals surface area (Å²) in [5.74, 6) is 0.799. The van der Waals surface area contributed by atoms with Crippen LogP contribution in [-0.2, 0) is 10.0 Å². The molecule has 0 aromatic heterocycles. The normalized spacial score (nSPS) is 25.9. The lowest BCUT2D eigenvalue weighted by Gasteiger charge is -2.35. The first-order chi connectivity index (χ1) is 14.3. The first kappa shape index (κ1) is 23.2. The number of amides is 1. The third-order valence-corrected chi connectivity index (χ3v) is 8.70. The summed E-state index contributed by atoms with van der Waals surface area (Å²) in [7, 11) is -3.52. The Morgan fingerprint density at radius 3 is 2.27 bits per heavy atom. The average molecular weight is 452 g/mol. The van der Waals surface area contributed by atoms with Crippen LogP contribution >= 0.6 is 12.2 Å². The van der Waals surface area contributed by atoms with Crippen LogP contribution in [0.5, 0.6) is 0 Å².